The van der Waals surface area contributed by atoms with Gasteiger partial charge in [-0.3, -0.25) is 4.79 Å². The van der Waals surface area contributed by atoms with Crippen LogP contribution in [0.3, 0.4) is 0 Å². The minimum atomic E-state index is -0.981. The van der Waals surface area contributed by atoms with Gasteiger partial charge >= 0.3 is 0 Å². The van der Waals surface area contributed by atoms with Crippen molar-refractivity contribution in [3.63, 3.8) is 0 Å². The van der Waals surface area contributed by atoms with Crippen LogP contribution in [0.15, 0.2) is 11.6 Å². The summed E-state index contributed by atoms with van der Waals surface area (Å²) in [6, 6.07) is 0. The van der Waals surface area contributed by atoms with Crippen LogP contribution in [-0.4, -0.2) is 25.3 Å². The largest absolute Gasteiger partial charge is 0.346 e. The molecule has 2 fully saturated rings. The molecule has 0 N–H and O–H groups in total. The summed E-state index contributed by atoms with van der Waals surface area (Å²) in [5, 5.41) is 0. The Kier molecular flexibility index (Phi) is 1.81. The van der Waals surface area contributed by atoms with Crippen molar-refractivity contribution in [2.24, 2.45) is 23.2 Å². The van der Waals surface area contributed by atoms with E-state index in [-0.39, 0.29) is 23.0 Å². The minimum Gasteiger partial charge on any atom is -0.346 e. The quantitative estimate of drug-likeness (QED) is 0.634. The molecule has 0 amide bonds. The molecule has 1 heterocycles. The van der Waals surface area contributed by atoms with Crippen LogP contribution in [0.1, 0.15) is 20.8 Å². The fourth-order valence-corrected chi connectivity index (χ4v) is 4.04. The summed E-state index contributed by atoms with van der Waals surface area (Å²) in [5.41, 5.74) is 1.30. The maximum atomic E-state index is 12.4. The zero-order valence-corrected chi connectivity index (χ0v) is 10.2. The van der Waals surface area contributed by atoms with Gasteiger partial charge in [-0.25, -0.2) is 0 Å². The first-order valence-electron chi connectivity index (χ1n) is 5.89. The van der Waals surface area contributed by atoms with E-state index < -0.39 is 5.79 Å². The van der Waals surface area contributed by atoms with Crippen molar-refractivity contribution in [2.45, 2.75) is 26.6 Å². The van der Waals surface area contributed by atoms with E-state index >= 15 is 0 Å². The molecule has 4 aliphatic rings. The van der Waals surface area contributed by atoms with Gasteiger partial charge in [-0.2, -0.15) is 0 Å². The Bertz CT molecular complexity index is 400. The molecule has 88 valence electrons. The van der Waals surface area contributed by atoms with E-state index in [2.05, 4.69) is 26.8 Å². The Balaban J connectivity index is 2.24. The Morgan fingerprint density at radius 2 is 2.25 bits per heavy atom. The monoisotopic (exact) mass is 222 g/mol. The van der Waals surface area contributed by atoms with Gasteiger partial charge in [-0.15, -0.1) is 0 Å². The molecule has 0 aromatic heterocycles. The number of rotatable bonds is 1. The molecule has 1 aliphatic heterocycles. The van der Waals surface area contributed by atoms with Crippen LogP contribution in [0.4, 0.5) is 0 Å². The number of carbonyl (C=O) groups is 1. The van der Waals surface area contributed by atoms with Gasteiger partial charge in [0.1, 0.15) is 0 Å². The van der Waals surface area contributed by atoms with Crippen molar-refractivity contribution in [1.82, 2.24) is 0 Å². The summed E-state index contributed by atoms with van der Waals surface area (Å²) in [6.07, 6.45) is 2.12. The number of hydrogen-bond acceptors (Lipinski definition) is 3. The maximum absolute atomic E-state index is 12.4. The lowest BCUT2D eigenvalue weighted by atomic mass is 9.51. The lowest BCUT2D eigenvalue weighted by Gasteiger charge is -2.52. The first-order chi connectivity index (χ1) is 7.47. The highest BCUT2D eigenvalue weighted by atomic mass is 16.7. The fraction of sp³-hybridized carbons (Fsp3) is 0.769. The second-order valence-corrected chi connectivity index (χ2v) is 5.69. The van der Waals surface area contributed by atoms with Crippen molar-refractivity contribution < 1.29 is 14.3 Å². The molecule has 0 aromatic carbocycles. The van der Waals surface area contributed by atoms with Crippen LogP contribution in [0.2, 0.25) is 0 Å². The molecule has 3 nitrogen and oxygen atoms in total. The van der Waals surface area contributed by atoms with Crippen molar-refractivity contribution in [3.8, 4) is 0 Å². The Morgan fingerprint density at radius 1 is 1.56 bits per heavy atom. The van der Waals surface area contributed by atoms with Crippen molar-refractivity contribution >= 4 is 5.78 Å². The average molecular weight is 222 g/mol. The van der Waals surface area contributed by atoms with Crippen LogP contribution in [0, 0.1) is 23.2 Å². The number of carbonyl (C=O) groups excluding carboxylic acids is 1. The van der Waals surface area contributed by atoms with Crippen LogP contribution in [0.25, 0.3) is 0 Å². The lowest BCUT2D eigenvalue weighted by Crippen LogP contribution is -2.61. The van der Waals surface area contributed by atoms with E-state index in [1.165, 1.54) is 5.57 Å². The molecule has 16 heavy (non-hydrogen) atoms. The maximum Gasteiger partial charge on any atom is 0.236 e. The standard InChI is InChI=1S/C13H18O3/c1-7-5-9-8(2)12(3)6-16-13(15-4,10(7)12)11(9)14/h5,8-10H,6H2,1-4H3/t8-,9+,10-,12+,13+/m1/s1. The van der Waals surface area contributed by atoms with Gasteiger partial charge in [0, 0.05) is 24.4 Å². The van der Waals surface area contributed by atoms with E-state index in [4.69, 9.17) is 9.47 Å². The molecule has 0 aromatic rings. The molecule has 0 spiro atoms. The van der Waals surface area contributed by atoms with Crippen LogP contribution in [-0.2, 0) is 14.3 Å². The fourth-order valence-electron chi connectivity index (χ4n) is 4.04. The molecule has 3 heteroatoms. The second kappa shape index (κ2) is 2.77. The Hall–Kier alpha value is -0.670. The number of ether oxygens (including phenoxy) is 2. The molecular formula is C13H18O3. The number of ketones is 1. The summed E-state index contributed by atoms with van der Waals surface area (Å²) in [7, 11) is 1.59. The molecule has 4 bridgehead atoms. The predicted molar refractivity (Wildman–Crippen MR) is 58.7 cm³/mol. The van der Waals surface area contributed by atoms with E-state index in [0.717, 1.165) is 0 Å². The van der Waals surface area contributed by atoms with Crippen molar-refractivity contribution in [2.75, 3.05) is 13.7 Å². The first kappa shape index (κ1) is 10.5. The highest BCUT2D eigenvalue weighted by Crippen LogP contribution is 2.63. The van der Waals surface area contributed by atoms with E-state index in [1.54, 1.807) is 7.11 Å². The number of allylic oxidation sites excluding steroid dienone is 1. The first-order valence-corrected chi connectivity index (χ1v) is 5.89. The zero-order valence-electron chi connectivity index (χ0n) is 10.2. The third-order valence-corrected chi connectivity index (χ3v) is 5.06. The van der Waals surface area contributed by atoms with Gasteiger partial charge in [0.2, 0.25) is 5.79 Å². The highest BCUT2D eigenvalue weighted by Gasteiger charge is 2.71. The highest BCUT2D eigenvalue weighted by molar-refractivity contribution is 5.94. The molecular weight excluding hydrogens is 204 g/mol. The van der Waals surface area contributed by atoms with E-state index in [0.29, 0.717) is 12.5 Å². The van der Waals surface area contributed by atoms with Crippen molar-refractivity contribution in [3.05, 3.63) is 11.6 Å². The van der Waals surface area contributed by atoms with Crippen LogP contribution in [0.5, 0.6) is 0 Å². The smallest absolute Gasteiger partial charge is 0.236 e. The number of hydrogen-bond donors (Lipinski definition) is 0. The Labute approximate surface area is 95.8 Å². The summed E-state index contributed by atoms with van der Waals surface area (Å²) in [6.45, 7) is 7.10. The van der Waals surface area contributed by atoms with Gasteiger partial charge in [-0.1, -0.05) is 25.5 Å². The molecule has 0 radical (unpaired) electrons. The number of Topliss-reactive ketones (excluding diaryl/α,β-unsaturated/α-hetero) is 1. The third kappa shape index (κ3) is 0.833. The van der Waals surface area contributed by atoms with Gasteiger partial charge in [0.25, 0.3) is 0 Å². The summed E-state index contributed by atoms with van der Waals surface area (Å²) in [4.78, 5) is 12.4. The normalized spacial score (nSPS) is 54.4. The number of methoxy groups -OCH3 is 1. The Morgan fingerprint density at radius 3 is 2.88 bits per heavy atom. The van der Waals surface area contributed by atoms with Gasteiger partial charge in [-0.05, 0) is 12.8 Å². The summed E-state index contributed by atoms with van der Waals surface area (Å²) >= 11 is 0. The van der Waals surface area contributed by atoms with Gasteiger partial charge in [0.05, 0.1) is 6.61 Å². The molecule has 0 unspecified atom stereocenters. The topological polar surface area (TPSA) is 35.5 Å². The van der Waals surface area contributed by atoms with Crippen LogP contribution < -0.4 is 0 Å². The molecule has 4 rings (SSSR count). The zero-order chi connectivity index (χ0) is 11.7. The lowest BCUT2D eigenvalue weighted by molar-refractivity contribution is -0.220. The average Bonchev–Trinajstić information content (AvgIpc) is 2.56. The molecule has 3 aliphatic carbocycles. The summed E-state index contributed by atoms with van der Waals surface area (Å²) in [5.74, 6) is -0.451. The predicted octanol–water partition coefficient (Wildman–Crippen LogP) is 1.78. The van der Waals surface area contributed by atoms with Crippen LogP contribution >= 0.6 is 0 Å². The van der Waals surface area contributed by atoms with E-state index in [1.807, 2.05) is 0 Å². The minimum absolute atomic E-state index is 0.0301. The van der Waals surface area contributed by atoms with Gasteiger partial charge in [0.15, 0.2) is 5.78 Å². The van der Waals surface area contributed by atoms with Crippen molar-refractivity contribution in [1.29, 1.82) is 0 Å². The SMILES string of the molecule is CO[C@]12OC[C@@]3(C)[C@H](C)[C@H](C=C(C)[C@@H]13)C2=O. The third-order valence-electron chi connectivity index (χ3n) is 5.06. The summed E-state index contributed by atoms with van der Waals surface area (Å²) < 4.78 is 11.3. The second-order valence-electron chi connectivity index (χ2n) is 5.69. The molecule has 1 saturated carbocycles. The molecule has 1 saturated heterocycles. The van der Waals surface area contributed by atoms with E-state index in [9.17, 15) is 4.79 Å². The van der Waals surface area contributed by atoms with Gasteiger partial charge < -0.3 is 9.47 Å². The molecule has 5 atom stereocenters.